The summed E-state index contributed by atoms with van der Waals surface area (Å²) in [5.74, 6) is 0.926. The minimum Gasteiger partial charge on any atom is -0.496 e. The highest BCUT2D eigenvalue weighted by molar-refractivity contribution is 5.52. The number of aryl methyl sites for hydroxylation is 1. The smallest absolute Gasteiger partial charge is 0.121 e. The summed E-state index contributed by atoms with van der Waals surface area (Å²) in [5.41, 5.74) is 7.82. The fourth-order valence-corrected chi connectivity index (χ4v) is 1.42. The molecule has 3 nitrogen and oxygen atoms in total. The molecule has 0 aliphatic rings. The summed E-state index contributed by atoms with van der Waals surface area (Å²) in [6, 6.07) is 6.13. The minimum atomic E-state index is 0.668. The number of hydrogen-bond acceptors (Lipinski definition) is 3. The van der Waals surface area contributed by atoms with Crippen LogP contribution in [0.2, 0.25) is 0 Å². The lowest BCUT2D eigenvalue weighted by atomic mass is 10.2. The van der Waals surface area contributed by atoms with Gasteiger partial charge in [0, 0.05) is 25.8 Å². The summed E-state index contributed by atoms with van der Waals surface area (Å²) in [6.07, 6.45) is 0. The number of nitrogens with zero attached hydrogens (tertiary/aromatic N) is 1. The maximum absolute atomic E-state index is 5.49. The second-order valence-electron chi connectivity index (χ2n) is 3.36. The molecule has 0 aliphatic heterocycles. The van der Waals surface area contributed by atoms with Gasteiger partial charge in [0.25, 0.3) is 0 Å². The molecule has 0 unspecified atom stereocenters. The molecule has 0 fully saturated rings. The third-order valence-corrected chi connectivity index (χ3v) is 2.28. The number of benzene rings is 1. The number of methoxy groups -OCH3 is 1. The summed E-state index contributed by atoms with van der Waals surface area (Å²) < 4.78 is 5.20. The van der Waals surface area contributed by atoms with E-state index >= 15 is 0 Å². The van der Waals surface area contributed by atoms with Crippen LogP contribution >= 0.6 is 0 Å². The van der Waals surface area contributed by atoms with E-state index in [1.807, 2.05) is 26.1 Å². The molecule has 0 aliphatic carbocycles. The number of likely N-dealkylation sites (N-methyl/N-ethyl adjacent to an activating group) is 1. The van der Waals surface area contributed by atoms with E-state index in [0.29, 0.717) is 6.54 Å². The zero-order valence-corrected chi connectivity index (χ0v) is 9.08. The van der Waals surface area contributed by atoms with Gasteiger partial charge < -0.3 is 15.4 Å². The second kappa shape index (κ2) is 4.86. The van der Waals surface area contributed by atoms with Gasteiger partial charge >= 0.3 is 0 Å². The summed E-state index contributed by atoms with van der Waals surface area (Å²) in [7, 11) is 3.72. The van der Waals surface area contributed by atoms with E-state index in [9.17, 15) is 0 Å². The maximum atomic E-state index is 5.49. The number of hydrogen-bond donors (Lipinski definition) is 1. The first-order valence-electron chi connectivity index (χ1n) is 4.75. The van der Waals surface area contributed by atoms with Crippen molar-refractivity contribution in [3.63, 3.8) is 0 Å². The predicted molar refractivity (Wildman–Crippen MR) is 60.1 cm³/mol. The monoisotopic (exact) mass is 194 g/mol. The van der Waals surface area contributed by atoms with Gasteiger partial charge in [-0.25, -0.2) is 0 Å². The highest BCUT2D eigenvalue weighted by Crippen LogP contribution is 2.23. The van der Waals surface area contributed by atoms with Gasteiger partial charge in [0.15, 0.2) is 0 Å². The van der Waals surface area contributed by atoms with Gasteiger partial charge in [-0.15, -0.1) is 0 Å². The standard InChI is InChI=1S/C11H18N2O/c1-9-8-10(13(2)7-6-12)4-5-11(9)14-3/h4-5,8H,6-7,12H2,1-3H3. The average molecular weight is 194 g/mol. The molecule has 0 heterocycles. The molecule has 1 rings (SSSR count). The fourth-order valence-electron chi connectivity index (χ4n) is 1.42. The van der Waals surface area contributed by atoms with Crippen molar-refractivity contribution in [2.24, 2.45) is 5.73 Å². The van der Waals surface area contributed by atoms with Crippen LogP contribution in [-0.2, 0) is 0 Å². The third-order valence-electron chi connectivity index (χ3n) is 2.28. The molecule has 2 N–H and O–H groups in total. The van der Waals surface area contributed by atoms with Crippen molar-refractivity contribution in [2.75, 3.05) is 32.1 Å². The minimum absolute atomic E-state index is 0.668. The van der Waals surface area contributed by atoms with Gasteiger partial charge in [-0.3, -0.25) is 0 Å². The van der Waals surface area contributed by atoms with Crippen molar-refractivity contribution in [1.29, 1.82) is 0 Å². The van der Waals surface area contributed by atoms with Crippen molar-refractivity contribution in [3.8, 4) is 5.75 Å². The van der Waals surface area contributed by atoms with Gasteiger partial charge in [0.05, 0.1) is 7.11 Å². The SMILES string of the molecule is COc1ccc(N(C)CCN)cc1C. The summed E-state index contributed by atoms with van der Waals surface area (Å²) in [6.45, 7) is 3.58. The van der Waals surface area contributed by atoms with Crippen LogP contribution in [0, 0.1) is 6.92 Å². The molecule has 0 atom stereocenters. The lowest BCUT2D eigenvalue weighted by Crippen LogP contribution is -2.24. The second-order valence-corrected chi connectivity index (χ2v) is 3.36. The van der Waals surface area contributed by atoms with Crippen LogP contribution in [0.15, 0.2) is 18.2 Å². The molecular weight excluding hydrogens is 176 g/mol. The first-order chi connectivity index (χ1) is 6.69. The first kappa shape index (κ1) is 10.9. The Morgan fingerprint density at radius 2 is 2.14 bits per heavy atom. The quantitative estimate of drug-likeness (QED) is 0.787. The van der Waals surface area contributed by atoms with Gasteiger partial charge in [-0.1, -0.05) is 0 Å². The Hall–Kier alpha value is -1.22. The molecular formula is C11H18N2O. The molecule has 0 aromatic heterocycles. The zero-order valence-electron chi connectivity index (χ0n) is 9.08. The lowest BCUT2D eigenvalue weighted by molar-refractivity contribution is 0.411. The molecule has 0 radical (unpaired) electrons. The predicted octanol–water partition coefficient (Wildman–Crippen LogP) is 1.40. The molecule has 14 heavy (non-hydrogen) atoms. The van der Waals surface area contributed by atoms with Crippen LogP contribution in [0.4, 0.5) is 5.69 Å². The van der Waals surface area contributed by atoms with Crippen LogP contribution in [-0.4, -0.2) is 27.2 Å². The third kappa shape index (κ3) is 2.39. The normalized spacial score (nSPS) is 10.0. The average Bonchev–Trinajstić information content (AvgIpc) is 2.18. The van der Waals surface area contributed by atoms with E-state index in [2.05, 4.69) is 11.0 Å². The Kier molecular flexibility index (Phi) is 3.77. The molecule has 0 bridgehead atoms. The van der Waals surface area contributed by atoms with E-state index in [-0.39, 0.29) is 0 Å². The lowest BCUT2D eigenvalue weighted by Gasteiger charge is -2.19. The Morgan fingerprint density at radius 3 is 2.64 bits per heavy atom. The Labute approximate surface area is 85.5 Å². The fraction of sp³-hybridized carbons (Fsp3) is 0.455. The van der Waals surface area contributed by atoms with Crippen molar-refractivity contribution in [2.45, 2.75) is 6.92 Å². The van der Waals surface area contributed by atoms with Crippen LogP contribution in [0.25, 0.3) is 0 Å². The molecule has 3 heteroatoms. The zero-order chi connectivity index (χ0) is 10.6. The van der Waals surface area contributed by atoms with Crippen molar-refractivity contribution < 1.29 is 4.74 Å². The van der Waals surface area contributed by atoms with E-state index < -0.39 is 0 Å². The van der Waals surface area contributed by atoms with Gasteiger partial charge in [0.1, 0.15) is 5.75 Å². The van der Waals surface area contributed by atoms with Gasteiger partial charge in [0.2, 0.25) is 0 Å². The highest BCUT2D eigenvalue weighted by Gasteiger charge is 2.02. The van der Waals surface area contributed by atoms with E-state index in [1.54, 1.807) is 7.11 Å². The van der Waals surface area contributed by atoms with Crippen LogP contribution in [0.5, 0.6) is 5.75 Å². The van der Waals surface area contributed by atoms with Crippen LogP contribution in [0.1, 0.15) is 5.56 Å². The van der Waals surface area contributed by atoms with E-state index in [0.717, 1.165) is 17.9 Å². The van der Waals surface area contributed by atoms with Crippen molar-refractivity contribution in [1.82, 2.24) is 0 Å². The molecule has 0 saturated heterocycles. The highest BCUT2D eigenvalue weighted by atomic mass is 16.5. The number of ether oxygens (including phenoxy) is 1. The number of anilines is 1. The Bertz CT molecular complexity index is 299. The van der Waals surface area contributed by atoms with Crippen molar-refractivity contribution >= 4 is 5.69 Å². The molecule has 1 aromatic rings. The molecule has 0 amide bonds. The molecule has 78 valence electrons. The maximum Gasteiger partial charge on any atom is 0.121 e. The van der Waals surface area contributed by atoms with Gasteiger partial charge in [-0.05, 0) is 30.7 Å². The Balaban J connectivity index is 2.85. The van der Waals surface area contributed by atoms with E-state index in [1.165, 1.54) is 5.69 Å². The summed E-state index contributed by atoms with van der Waals surface area (Å²) >= 11 is 0. The van der Waals surface area contributed by atoms with Crippen LogP contribution < -0.4 is 15.4 Å². The molecule has 0 spiro atoms. The number of nitrogens with two attached hydrogens (primary N) is 1. The largest absolute Gasteiger partial charge is 0.496 e. The Morgan fingerprint density at radius 1 is 1.43 bits per heavy atom. The van der Waals surface area contributed by atoms with Gasteiger partial charge in [-0.2, -0.15) is 0 Å². The molecule has 1 aromatic carbocycles. The number of rotatable bonds is 4. The topological polar surface area (TPSA) is 38.5 Å². The van der Waals surface area contributed by atoms with E-state index in [4.69, 9.17) is 10.5 Å². The summed E-state index contributed by atoms with van der Waals surface area (Å²) in [4.78, 5) is 2.13. The van der Waals surface area contributed by atoms with Crippen molar-refractivity contribution in [3.05, 3.63) is 23.8 Å². The summed E-state index contributed by atoms with van der Waals surface area (Å²) in [5, 5.41) is 0. The first-order valence-corrected chi connectivity index (χ1v) is 4.75. The van der Waals surface area contributed by atoms with Crippen LogP contribution in [0.3, 0.4) is 0 Å². The molecule has 0 saturated carbocycles.